The van der Waals surface area contributed by atoms with Crippen molar-refractivity contribution in [3.8, 4) is 10.8 Å². The zero-order chi connectivity index (χ0) is 10.8. The Morgan fingerprint density at radius 2 is 2.27 bits per heavy atom. The summed E-state index contributed by atoms with van der Waals surface area (Å²) < 4.78 is 8.79. The monoisotopic (exact) mass is 225 g/mol. The van der Waals surface area contributed by atoms with E-state index in [-0.39, 0.29) is 12.0 Å². The van der Waals surface area contributed by atoms with Crippen molar-refractivity contribution in [2.24, 2.45) is 11.7 Å². The average Bonchev–Trinajstić information content (AvgIpc) is 2.86. The molecule has 2 aromatic heterocycles. The largest absolute Gasteiger partial charge is 0.333 e. The van der Waals surface area contributed by atoms with Gasteiger partial charge in [0.05, 0.1) is 12.2 Å². The first-order chi connectivity index (χ1) is 7.18. The molecule has 0 radical (unpaired) electrons. The van der Waals surface area contributed by atoms with Crippen molar-refractivity contribution in [2.45, 2.75) is 19.9 Å². The van der Waals surface area contributed by atoms with E-state index in [9.17, 15) is 0 Å². The van der Waals surface area contributed by atoms with Crippen LogP contribution in [0.5, 0.6) is 0 Å². The van der Waals surface area contributed by atoms with Gasteiger partial charge in [0, 0.05) is 0 Å². The van der Waals surface area contributed by atoms with Crippen LogP contribution in [-0.2, 0) is 0 Å². The van der Waals surface area contributed by atoms with Crippen LogP contribution in [0.15, 0.2) is 10.7 Å². The lowest BCUT2D eigenvalue weighted by Crippen LogP contribution is -2.18. The molecular formula is C8H11N5OS. The first-order valence-corrected chi connectivity index (χ1v) is 5.32. The van der Waals surface area contributed by atoms with Crippen LogP contribution in [-0.4, -0.2) is 19.7 Å². The molecule has 80 valence electrons. The quantitative estimate of drug-likeness (QED) is 0.845. The van der Waals surface area contributed by atoms with Crippen molar-refractivity contribution in [1.29, 1.82) is 0 Å². The van der Waals surface area contributed by atoms with Crippen molar-refractivity contribution in [1.82, 2.24) is 19.7 Å². The van der Waals surface area contributed by atoms with Gasteiger partial charge in [0.15, 0.2) is 5.82 Å². The predicted octanol–water partition coefficient (Wildman–Crippen LogP) is 1.24. The lowest BCUT2D eigenvalue weighted by atomic mass is 10.1. The van der Waals surface area contributed by atoms with Crippen LogP contribution in [0.25, 0.3) is 10.8 Å². The maximum Gasteiger partial charge on any atom is 0.271 e. The molecule has 2 heterocycles. The molecular weight excluding hydrogens is 214 g/mol. The van der Waals surface area contributed by atoms with Crippen LogP contribution in [0.3, 0.4) is 0 Å². The predicted molar refractivity (Wildman–Crippen MR) is 55.0 cm³/mol. The fraction of sp³-hybridized carbons (Fsp3) is 0.500. The Kier molecular flexibility index (Phi) is 2.74. The molecule has 1 atom stereocenters. The van der Waals surface area contributed by atoms with Crippen molar-refractivity contribution >= 4 is 11.5 Å². The number of rotatable bonds is 3. The molecule has 0 aliphatic carbocycles. The van der Waals surface area contributed by atoms with Crippen LogP contribution >= 0.6 is 11.5 Å². The fourth-order valence-corrected chi connectivity index (χ4v) is 1.47. The highest BCUT2D eigenvalue weighted by Gasteiger charge is 2.18. The topological polar surface area (TPSA) is 90.7 Å². The lowest BCUT2D eigenvalue weighted by Gasteiger charge is -2.09. The molecule has 2 rings (SSSR count). The van der Waals surface area contributed by atoms with Crippen molar-refractivity contribution in [2.75, 3.05) is 0 Å². The number of aromatic nitrogens is 4. The van der Waals surface area contributed by atoms with Crippen molar-refractivity contribution in [3.63, 3.8) is 0 Å². The molecule has 15 heavy (non-hydrogen) atoms. The van der Waals surface area contributed by atoms with E-state index in [4.69, 9.17) is 10.3 Å². The highest BCUT2D eigenvalue weighted by molar-refractivity contribution is 7.09. The molecule has 0 aliphatic rings. The Bertz CT molecular complexity index is 424. The van der Waals surface area contributed by atoms with Crippen molar-refractivity contribution in [3.05, 3.63) is 12.0 Å². The minimum Gasteiger partial charge on any atom is -0.333 e. The molecule has 0 amide bonds. The molecule has 0 saturated carbocycles. The number of hydrogen-bond donors (Lipinski definition) is 1. The summed E-state index contributed by atoms with van der Waals surface area (Å²) in [7, 11) is 0. The number of hydrogen-bond acceptors (Lipinski definition) is 7. The lowest BCUT2D eigenvalue weighted by molar-refractivity contribution is 0.400. The zero-order valence-corrected chi connectivity index (χ0v) is 9.23. The summed E-state index contributed by atoms with van der Waals surface area (Å²) in [5, 5.41) is 7.53. The molecule has 0 spiro atoms. The SMILES string of the molecule is CC(C)C(N)c1noc(-c2cnns2)n1. The third kappa shape index (κ3) is 2.02. The summed E-state index contributed by atoms with van der Waals surface area (Å²) >= 11 is 1.21. The summed E-state index contributed by atoms with van der Waals surface area (Å²) in [5.74, 6) is 1.22. The minimum atomic E-state index is -0.205. The molecule has 0 aromatic carbocycles. The van der Waals surface area contributed by atoms with E-state index in [2.05, 4.69) is 19.7 Å². The molecule has 2 aromatic rings. The van der Waals surface area contributed by atoms with Crippen LogP contribution in [0.1, 0.15) is 25.7 Å². The summed E-state index contributed by atoms with van der Waals surface area (Å²) in [6.07, 6.45) is 1.59. The van der Waals surface area contributed by atoms with Gasteiger partial charge >= 0.3 is 0 Å². The van der Waals surface area contributed by atoms with Gasteiger partial charge < -0.3 is 10.3 Å². The van der Waals surface area contributed by atoms with Gasteiger partial charge in [0.1, 0.15) is 4.88 Å². The Balaban J connectivity index is 2.25. The maximum atomic E-state index is 5.89. The zero-order valence-electron chi connectivity index (χ0n) is 8.41. The molecule has 2 N–H and O–H groups in total. The van der Waals surface area contributed by atoms with E-state index in [1.54, 1.807) is 6.20 Å². The van der Waals surface area contributed by atoms with Gasteiger partial charge in [-0.1, -0.05) is 23.5 Å². The van der Waals surface area contributed by atoms with Gasteiger partial charge in [0.25, 0.3) is 5.89 Å². The van der Waals surface area contributed by atoms with Gasteiger partial charge in [-0.05, 0) is 17.5 Å². The standard InChI is InChI=1S/C8H11N5OS/c1-4(2)6(9)7-11-8(14-12-7)5-3-10-13-15-5/h3-4,6H,9H2,1-2H3. The van der Waals surface area contributed by atoms with Crippen LogP contribution < -0.4 is 5.73 Å². The van der Waals surface area contributed by atoms with Gasteiger partial charge in [-0.15, -0.1) is 5.10 Å². The Labute approximate surface area is 90.7 Å². The first kappa shape index (κ1) is 10.2. The van der Waals surface area contributed by atoms with E-state index in [1.807, 2.05) is 13.8 Å². The number of nitrogens with two attached hydrogens (primary N) is 1. The maximum absolute atomic E-state index is 5.89. The average molecular weight is 225 g/mol. The summed E-state index contributed by atoms with van der Waals surface area (Å²) in [5.41, 5.74) is 5.89. The third-order valence-corrected chi connectivity index (χ3v) is 2.68. The Morgan fingerprint density at radius 3 is 2.87 bits per heavy atom. The fourth-order valence-electron chi connectivity index (χ4n) is 1.03. The van der Waals surface area contributed by atoms with E-state index in [1.165, 1.54) is 11.5 Å². The second-order valence-electron chi connectivity index (χ2n) is 3.51. The van der Waals surface area contributed by atoms with Gasteiger partial charge in [0.2, 0.25) is 0 Å². The van der Waals surface area contributed by atoms with Crippen molar-refractivity contribution < 1.29 is 4.52 Å². The van der Waals surface area contributed by atoms with E-state index in [0.717, 1.165) is 4.88 Å². The van der Waals surface area contributed by atoms with E-state index in [0.29, 0.717) is 11.7 Å². The number of nitrogens with zero attached hydrogens (tertiary/aromatic N) is 4. The molecule has 0 aliphatic heterocycles. The summed E-state index contributed by atoms with van der Waals surface area (Å²) in [4.78, 5) is 4.96. The van der Waals surface area contributed by atoms with Crippen LogP contribution in [0.2, 0.25) is 0 Å². The second-order valence-corrected chi connectivity index (χ2v) is 4.29. The Hall–Kier alpha value is -1.34. The molecule has 0 bridgehead atoms. The molecule has 0 fully saturated rings. The normalized spacial score (nSPS) is 13.3. The summed E-state index contributed by atoms with van der Waals surface area (Å²) in [6, 6.07) is -0.205. The third-order valence-electron chi connectivity index (χ3n) is 2.03. The second kappa shape index (κ2) is 4.03. The molecule has 7 heteroatoms. The van der Waals surface area contributed by atoms with E-state index >= 15 is 0 Å². The first-order valence-electron chi connectivity index (χ1n) is 4.55. The van der Waals surface area contributed by atoms with Crippen LogP contribution in [0, 0.1) is 5.92 Å². The summed E-state index contributed by atoms with van der Waals surface area (Å²) in [6.45, 7) is 4.02. The molecule has 6 nitrogen and oxygen atoms in total. The molecule has 0 saturated heterocycles. The highest BCUT2D eigenvalue weighted by Crippen LogP contribution is 2.22. The van der Waals surface area contributed by atoms with Gasteiger partial charge in [-0.3, -0.25) is 0 Å². The van der Waals surface area contributed by atoms with E-state index < -0.39 is 0 Å². The smallest absolute Gasteiger partial charge is 0.271 e. The minimum absolute atomic E-state index is 0.205. The molecule has 1 unspecified atom stereocenters. The van der Waals surface area contributed by atoms with Gasteiger partial charge in [-0.2, -0.15) is 4.98 Å². The van der Waals surface area contributed by atoms with Crippen LogP contribution in [0.4, 0.5) is 0 Å². The highest BCUT2D eigenvalue weighted by atomic mass is 32.1. The Morgan fingerprint density at radius 1 is 1.47 bits per heavy atom. The van der Waals surface area contributed by atoms with Gasteiger partial charge in [-0.25, -0.2) is 0 Å².